The molecule has 1 aliphatic rings. The molecule has 6 nitrogen and oxygen atoms in total. The Bertz CT molecular complexity index is 1520. The molecular formula is C30H27N3O3S. The maximum absolute atomic E-state index is 14.0. The standard InChI is InChI=1S/C30H27N3O3S/c1-18-9-8-12-23(17-18)33-25(20-13-15-22(16-14-20)32(3)4)24(27(35)30(33)36)26(34)28-19(2)31-29(37-28)21-10-6-5-7-11-21/h5-17,25,35H,1-4H3. The first-order chi connectivity index (χ1) is 17.8. The van der Waals surface area contributed by atoms with Gasteiger partial charge in [-0.3, -0.25) is 14.5 Å². The Morgan fingerprint density at radius 3 is 2.32 bits per heavy atom. The van der Waals surface area contributed by atoms with Gasteiger partial charge in [-0.05, 0) is 49.2 Å². The number of anilines is 2. The van der Waals surface area contributed by atoms with Crippen LogP contribution in [-0.4, -0.2) is 35.9 Å². The van der Waals surface area contributed by atoms with E-state index in [-0.39, 0.29) is 11.4 Å². The van der Waals surface area contributed by atoms with Gasteiger partial charge in [0, 0.05) is 31.0 Å². The topological polar surface area (TPSA) is 73.7 Å². The number of hydrogen-bond acceptors (Lipinski definition) is 6. The fourth-order valence-corrected chi connectivity index (χ4v) is 5.61. The third-order valence-electron chi connectivity index (χ3n) is 6.48. The van der Waals surface area contributed by atoms with Gasteiger partial charge in [0.15, 0.2) is 5.76 Å². The SMILES string of the molecule is Cc1cccc(N2C(=O)C(O)=C(C(=O)c3sc(-c4ccccc4)nc3C)C2c2ccc(N(C)C)cc2)c1. The van der Waals surface area contributed by atoms with Gasteiger partial charge in [0.1, 0.15) is 5.01 Å². The molecule has 0 spiro atoms. The van der Waals surface area contributed by atoms with E-state index in [9.17, 15) is 14.7 Å². The number of ketones is 1. The lowest BCUT2D eigenvalue weighted by Crippen LogP contribution is -2.31. The molecule has 3 aromatic carbocycles. The molecule has 186 valence electrons. The predicted octanol–water partition coefficient (Wildman–Crippen LogP) is 6.28. The average Bonchev–Trinajstić information content (AvgIpc) is 3.41. The Kier molecular flexibility index (Phi) is 6.39. The zero-order valence-electron chi connectivity index (χ0n) is 21.1. The maximum atomic E-state index is 14.0. The van der Waals surface area contributed by atoms with Crippen LogP contribution in [0.15, 0.2) is 90.2 Å². The number of Topliss-reactive ketones (excluding diaryl/α,β-unsaturated/α-hetero) is 1. The lowest BCUT2D eigenvalue weighted by atomic mass is 9.94. The summed E-state index contributed by atoms with van der Waals surface area (Å²) in [5.41, 5.74) is 4.85. The molecule has 1 N–H and O–H groups in total. The summed E-state index contributed by atoms with van der Waals surface area (Å²) in [7, 11) is 3.90. The second kappa shape index (κ2) is 9.67. The van der Waals surface area contributed by atoms with Crippen LogP contribution in [0.4, 0.5) is 11.4 Å². The minimum absolute atomic E-state index is 0.0653. The van der Waals surface area contributed by atoms with Gasteiger partial charge in [-0.1, -0.05) is 54.6 Å². The molecule has 37 heavy (non-hydrogen) atoms. The van der Waals surface area contributed by atoms with Crippen LogP contribution >= 0.6 is 11.3 Å². The van der Waals surface area contributed by atoms with Crippen LogP contribution < -0.4 is 9.80 Å². The summed E-state index contributed by atoms with van der Waals surface area (Å²) in [5.74, 6) is -1.51. The van der Waals surface area contributed by atoms with E-state index in [0.29, 0.717) is 21.3 Å². The van der Waals surface area contributed by atoms with E-state index in [1.807, 2.05) is 105 Å². The molecular weight excluding hydrogens is 482 g/mol. The Balaban J connectivity index is 1.63. The van der Waals surface area contributed by atoms with Crippen molar-refractivity contribution in [3.05, 3.63) is 112 Å². The van der Waals surface area contributed by atoms with Crippen molar-refractivity contribution in [3.8, 4) is 10.6 Å². The van der Waals surface area contributed by atoms with Crippen molar-refractivity contribution in [2.45, 2.75) is 19.9 Å². The number of nitrogens with zero attached hydrogens (tertiary/aromatic N) is 3. The highest BCUT2D eigenvalue weighted by molar-refractivity contribution is 7.17. The normalized spacial score (nSPS) is 15.4. The summed E-state index contributed by atoms with van der Waals surface area (Å²) >= 11 is 1.27. The number of aromatic nitrogens is 1. The van der Waals surface area contributed by atoms with E-state index < -0.39 is 17.7 Å². The summed E-state index contributed by atoms with van der Waals surface area (Å²) in [5, 5.41) is 11.8. The number of aliphatic hydroxyl groups is 1. The molecule has 0 fully saturated rings. The molecule has 0 saturated carbocycles. The van der Waals surface area contributed by atoms with Gasteiger partial charge in [-0.15, -0.1) is 11.3 Å². The Morgan fingerprint density at radius 1 is 0.973 bits per heavy atom. The van der Waals surface area contributed by atoms with Crippen LogP contribution in [0.25, 0.3) is 10.6 Å². The van der Waals surface area contributed by atoms with Crippen molar-refractivity contribution in [2.75, 3.05) is 23.9 Å². The molecule has 1 atom stereocenters. The average molecular weight is 510 g/mol. The van der Waals surface area contributed by atoms with E-state index in [4.69, 9.17) is 0 Å². The number of thiazole rings is 1. The van der Waals surface area contributed by atoms with Crippen LogP contribution in [-0.2, 0) is 4.79 Å². The van der Waals surface area contributed by atoms with Crippen LogP contribution in [0.3, 0.4) is 0 Å². The molecule has 5 rings (SSSR count). The van der Waals surface area contributed by atoms with Crippen LogP contribution in [0.2, 0.25) is 0 Å². The Morgan fingerprint density at radius 2 is 1.68 bits per heavy atom. The molecule has 1 unspecified atom stereocenters. The zero-order chi connectivity index (χ0) is 26.3. The van der Waals surface area contributed by atoms with Crippen molar-refractivity contribution in [2.24, 2.45) is 0 Å². The van der Waals surface area contributed by atoms with Crippen molar-refractivity contribution in [1.29, 1.82) is 0 Å². The van der Waals surface area contributed by atoms with Crippen molar-refractivity contribution >= 4 is 34.4 Å². The van der Waals surface area contributed by atoms with Gasteiger partial charge in [-0.25, -0.2) is 4.98 Å². The van der Waals surface area contributed by atoms with Gasteiger partial charge >= 0.3 is 0 Å². The van der Waals surface area contributed by atoms with Crippen molar-refractivity contribution < 1.29 is 14.7 Å². The van der Waals surface area contributed by atoms with Crippen LogP contribution in [0.1, 0.15) is 32.5 Å². The molecule has 0 aliphatic carbocycles. The Labute approximate surface area is 220 Å². The highest BCUT2D eigenvalue weighted by Crippen LogP contribution is 2.43. The van der Waals surface area contributed by atoms with Crippen molar-refractivity contribution in [1.82, 2.24) is 4.98 Å². The molecule has 7 heteroatoms. The third-order valence-corrected chi connectivity index (χ3v) is 7.69. The fraction of sp³-hybridized carbons (Fsp3) is 0.167. The summed E-state index contributed by atoms with van der Waals surface area (Å²) in [6.07, 6.45) is 0. The van der Waals surface area contributed by atoms with Gasteiger partial charge in [0.2, 0.25) is 5.78 Å². The molecule has 0 bridgehead atoms. The van der Waals surface area contributed by atoms with Gasteiger partial charge in [-0.2, -0.15) is 0 Å². The van der Waals surface area contributed by atoms with Crippen molar-refractivity contribution in [3.63, 3.8) is 0 Å². The number of aliphatic hydroxyl groups excluding tert-OH is 1. The van der Waals surface area contributed by atoms with Crippen LogP contribution in [0, 0.1) is 13.8 Å². The Hall–Kier alpha value is -4.23. The van der Waals surface area contributed by atoms with Gasteiger partial charge in [0.05, 0.1) is 22.2 Å². The number of carbonyl (C=O) groups excluding carboxylic acids is 2. The minimum Gasteiger partial charge on any atom is -0.503 e. The highest BCUT2D eigenvalue weighted by atomic mass is 32.1. The number of carbonyl (C=O) groups is 2. The second-order valence-corrected chi connectivity index (χ2v) is 10.3. The summed E-state index contributed by atoms with van der Waals surface area (Å²) in [4.78, 5) is 36.0. The van der Waals surface area contributed by atoms with E-state index in [1.165, 1.54) is 16.2 Å². The number of hydrogen-bond donors (Lipinski definition) is 1. The summed E-state index contributed by atoms with van der Waals surface area (Å²) < 4.78 is 0. The number of rotatable bonds is 6. The first kappa shape index (κ1) is 24.5. The fourth-order valence-electron chi connectivity index (χ4n) is 4.59. The smallest absolute Gasteiger partial charge is 0.294 e. The van der Waals surface area contributed by atoms with E-state index in [0.717, 1.165) is 22.4 Å². The largest absolute Gasteiger partial charge is 0.503 e. The van der Waals surface area contributed by atoms with E-state index >= 15 is 0 Å². The molecule has 0 radical (unpaired) electrons. The van der Waals surface area contributed by atoms with Gasteiger partial charge in [0.25, 0.3) is 5.91 Å². The summed E-state index contributed by atoms with van der Waals surface area (Å²) in [6.45, 7) is 3.72. The maximum Gasteiger partial charge on any atom is 0.294 e. The first-order valence-electron chi connectivity index (χ1n) is 11.9. The molecule has 1 aromatic heterocycles. The van der Waals surface area contributed by atoms with Gasteiger partial charge < -0.3 is 10.0 Å². The number of benzene rings is 3. The molecule has 4 aromatic rings. The zero-order valence-corrected chi connectivity index (χ0v) is 21.9. The third kappa shape index (κ3) is 4.42. The number of aryl methyl sites for hydroxylation is 2. The quantitative estimate of drug-likeness (QED) is 0.310. The molecule has 1 aliphatic heterocycles. The van der Waals surface area contributed by atoms with Crippen LogP contribution in [0.5, 0.6) is 0 Å². The summed E-state index contributed by atoms with van der Waals surface area (Å²) in [6, 6.07) is 24.1. The second-order valence-electron chi connectivity index (χ2n) is 9.29. The number of amides is 1. The lowest BCUT2D eigenvalue weighted by Gasteiger charge is -2.27. The highest BCUT2D eigenvalue weighted by Gasteiger charge is 2.45. The molecule has 1 amide bonds. The predicted molar refractivity (Wildman–Crippen MR) is 148 cm³/mol. The first-order valence-corrected chi connectivity index (χ1v) is 12.8. The van der Waals surface area contributed by atoms with E-state index in [1.54, 1.807) is 6.92 Å². The minimum atomic E-state index is -0.778. The van der Waals surface area contributed by atoms with E-state index in [2.05, 4.69) is 4.98 Å². The monoisotopic (exact) mass is 509 g/mol. The molecule has 2 heterocycles. The molecule has 0 saturated heterocycles. The lowest BCUT2D eigenvalue weighted by molar-refractivity contribution is -0.117.